The molecule has 1 aliphatic heterocycles. The summed E-state index contributed by atoms with van der Waals surface area (Å²) in [5, 5.41) is 7.90. The minimum Gasteiger partial charge on any atom is -0.497 e. The molecule has 3 aromatic heterocycles. The topological polar surface area (TPSA) is 112 Å². The predicted octanol–water partition coefficient (Wildman–Crippen LogP) is 3.53. The minimum absolute atomic E-state index is 0.154. The summed E-state index contributed by atoms with van der Waals surface area (Å²) in [5.41, 5.74) is 2.03. The molecule has 0 bridgehead atoms. The number of hydrogen-bond acceptors (Lipinski definition) is 9. The highest BCUT2D eigenvalue weighted by atomic mass is 19.4. The Balaban J connectivity index is 1.25. The first-order chi connectivity index (χ1) is 18.7. The minimum atomic E-state index is -4.71. The molecule has 1 aliphatic rings. The van der Waals surface area contributed by atoms with Crippen LogP contribution in [0.25, 0.3) is 22.6 Å². The van der Waals surface area contributed by atoms with E-state index in [0.29, 0.717) is 66.0 Å². The highest BCUT2D eigenvalue weighted by Crippen LogP contribution is 2.33. The van der Waals surface area contributed by atoms with E-state index < -0.39 is 12.1 Å². The van der Waals surface area contributed by atoms with Crippen LogP contribution in [0.5, 0.6) is 11.5 Å². The number of alkyl halides is 3. The number of carbonyl (C=O) groups is 1. The molecule has 4 aromatic rings. The molecule has 39 heavy (non-hydrogen) atoms. The summed E-state index contributed by atoms with van der Waals surface area (Å²) in [7, 11) is 4.85. The Hall–Kier alpha value is -4.62. The van der Waals surface area contributed by atoms with Crippen molar-refractivity contribution < 1.29 is 32.0 Å². The molecule has 14 heteroatoms. The molecule has 0 saturated carbocycles. The van der Waals surface area contributed by atoms with Gasteiger partial charge < -0.3 is 23.8 Å². The summed E-state index contributed by atoms with van der Waals surface area (Å²) < 4.78 is 54.8. The zero-order valence-corrected chi connectivity index (χ0v) is 21.3. The molecule has 4 heterocycles. The first-order valence-corrected chi connectivity index (χ1v) is 11.9. The number of rotatable bonds is 6. The van der Waals surface area contributed by atoms with Gasteiger partial charge in [-0.25, -0.2) is 4.98 Å². The molecule has 0 spiro atoms. The van der Waals surface area contributed by atoms with Crippen molar-refractivity contribution in [3.63, 3.8) is 0 Å². The van der Waals surface area contributed by atoms with Crippen molar-refractivity contribution in [3.8, 4) is 34.1 Å². The summed E-state index contributed by atoms with van der Waals surface area (Å²) in [5.74, 6) is 0.118. The smallest absolute Gasteiger partial charge is 0.471 e. The molecule has 0 atom stereocenters. The number of amides is 1. The van der Waals surface area contributed by atoms with Crippen LogP contribution in [0.1, 0.15) is 16.4 Å². The molecular weight excluding hydrogens is 519 g/mol. The van der Waals surface area contributed by atoms with Gasteiger partial charge in [0.2, 0.25) is 5.82 Å². The Morgan fingerprint density at radius 2 is 1.79 bits per heavy atom. The molecule has 1 aromatic carbocycles. The molecule has 0 N–H and O–H groups in total. The Morgan fingerprint density at radius 1 is 1.03 bits per heavy atom. The Morgan fingerprint density at radius 3 is 2.41 bits per heavy atom. The van der Waals surface area contributed by atoms with Crippen molar-refractivity contribution in [2.24, 2.45) is 7.05 Å². The van der Waals surface area contributed by atoms with Crippen LogP contribution in [0.3, 0.4) is 0 Å². The van der Waals surface area contributed by atoms with Crippen molar-refractivity contribution in [2.45, 2.75) is 6.18 Å². The number of ether oxygens (including phenoxy) is 2. The Labute approximate surface area is 220 Å². The van der Waals surface area contributed by atoms with Crippen LogP contribution in [-0.4, -0.2) is 76.1 Å². The van der Waals surface area contributed by atoms with Crippen molar-refractivity contribution >= 4 is 11.7 Å². The maximum atomic E-state index is 13.3. The van der Waals surface area contributed by atoms with Gasteiger partial charge in [0, 0.05) is 50.6 Å². The van der Waals surface area contributed by atoms with E-state index in [1.54, 1.807) is 67.2 Å². The molecule has 1 fully saturated rings. The highest BCUT2D eigenvalue weighted by molar-refractivity contribution is 5.94. The third kappa shape index (κ3) is 5.22. The number of carbonyl (C=O) groups excluding carboxylic acids is 1. The third-order valence-corrected chi connectivity index (χ3v) is 6.35. The van der Waals surface area contributed by atoms with Crippen LogP contribution >= 0.6 is 0 Å². The quantitative estimate of drug-likeness (QED) is 0.361. The fourth-order valence-corrected chi connectivity index (χ4v) is 4.28. The molecule has 1 amide bonds. The molecule has 0 radical (unpaired) electrons. The lowest BCUT2D eigenvalue weighted by molar-refractivity contribution is -0.159. The average molecular weight is 544 g/mol. The van der Waals surface area contributed by atoms with Gasteiger partial charge in [-0.05, 0) is 36.4 Å². The predicted molar refractivity (Wildman–Crippen MR) is 132 cm³/mol. The van der Waals surface area contributed by atoms with Gasteiger partial charge in [0.1, 0.15) is 23.0 Å². The summed E-state index contributed by atoms with van der Waals surface area (Å²) in [4.78, 5) is 24.8. The third-order valence-electron chi connectivity index (χ3n) is 6.35. The van der Waals surface area contributed by atoms with Crippen molar-refractivity contribution in [3.05, 3.63) is 54.2 Å². The van der Waals surface area contributed by atoms with Crippen LogP contribution < -0.4 is 14.4 Å². The second kappa shape index (κ2) is 10.3. The van der Waals surface area contributed by atoms with Gasteiger partial charge >= 0.3 is 12.1 Å². The molecule has 0 aliphatic carbocycles. The number of aromatic nitrogens is 5. The molecular formula is C25H24F3N7O4. The first kappa shape index (κ1) is 26.0. The van der Waals surface area contributed by atoms with Gasteiger partial charge in [-0.15, -0.1) is 0 Å². The normalized spacial score (nSPS) is 14.0. The van der Waals surface area contributed by atoms with Crippen molar-refractivity contribution in [1.29, 1.82) is 0 Å². The second-order valence-electron chi connectivity index (χ2n) is 8.71. The van der Waals surface area contributed by atoms with Gasteiger partial charge in [-0.1, -0.05) is 5.16 Å². The largest absolute Gasteiger partial charge is 0.497 e. The molecule has 5 rings (SSSR count). The fourth-order valence-electron chi connectivity index (χ4n) is 4.28. The van der Waals surface area contributed by atoms with E-state index in [0.717, 1.165) is 0 Å². The number of halogens is 3. The molecule has 204 valence electrons. The maximum Gasteiger partial charge on any atom is 0.471 e. The van der Waals surface area contributed by atoms with Gasteiger partial charge in [0.25, 0.3) is 5.91 Å². The zero-order valence-electron chi connectivity index (χ0n) is 21.3. The standard InChI is InChI=1S/C25H24F3N7O4/c1-33-19(13-18(31-33)17-12-16(37-2)5-6-20(17)38-3)23(36)35-10-8-34(9-11-35)21-7-4-15(14-29-21)22-30-24(39-32-22)25(26,27)28/h4-7,12-14H,8-11H2,1-3H3. The van der Waals surface area contributed by atoms with Gasteiger partial charge in [0.05, 0.1) is 19.9 Å². The Bertz CT molecular complexity index is 1480. The lowest BCUT2D eigenvalue weighted by Crippen LogP contribution is -2.49. The lowest BCUT2D eigenvalue weighted by Gasteiger charge is -2.35. The first-order valence-electron chi connectivity index (χ1n) is 11.9. The number of anilines is 1. The van der Waals surface area contributed by atoms with Gasteiger partial charge in [0.15, 0.2) is 0 Å². The highest BCUT2D eigenvalue weighted by Gasteiger charge is 2.38. The van der Waals surface area contributed by atoms with Crippen molar-refractivity contribution in [1.82, 2.24) is 29.8 Å². The number of pyridine rings is 1. The summed E-state index contributed by atoms with van der Waals surface area (Å²) in [6, 6.07) is 10.4. The number of benzene rings is 1. The molecule has 0 unspecified atom stereocenters. The Kier molecular flexibility index (Phi) is 6.85. The monoisotopic (exact) mass is 543 g/mol. The summed E-state index contributed by atoms with van der Waals surface area (Å²) >= 11 is 0. The van der Waals surface area contributed by atoms with Crippen LogP contribution in [0, 0.1) is 0 Å². The number of hydrogen-bond donors (Lipinski definition) is 0. The van der Waals surface area contributed by atoms with Crippen molar-refractivity contribution in [2.75, 3.05) is 45.3 Å². The average Bonchev–Trinajstić information content (AvgIpc) is 3.60. The van der Waals surface area contributed by atoms with E-state index in [-0.39, 0.29) is 11.7 Å². The SMILES string of the molecule is COc1ccc(OC)c(-c2cc(C(=O)N3CCN(c4ccc(-c5noc(C(F)(F)F)n5)cn4)CC3)n(C)n2)c1. The van der Waals surface area contributed by atoms with Crippen LogP contribution in [0.4, 0.5) is 19.0 Å². The van der Waals surface area contributed by atoms with E-state index >= 15 is 0 Å². The molecule has 11 nitrogen and oxygen atoms in total. The van der Waals surface area contributed by atoms with Gasteiger partial charge in [-0.2, -0.15) is 23.3 Å². The zero-order chi connectivity index (χ0) is 27.7. The van der Waals surface area contributed by atoms with E-state index in [4.69, 9.17) is 9.47 Å². The van der Waals surface area contributed by atoms with Crippen LogP contribution in [0.15, 0.2) is 47.1 Å². The van der Waals surface area contributed by atoms with Crippen LogP contribution in [0.2, 0.25) is 0 Å². The number of piperazine rings is 1. The number of aryl methyl sites for hydroxylation is 1. The van der Waals surface area contributed by atoms with Gasteiger partial charge in [-0.3, -0.25) is 9.48 Å². The van der Waals surface area contributed by atoms with E-state index in [1.807, 2.05) is 4.90 Å². The second-order valence-corrected chi connectivity index (χ2v) is 8.71. The number of nitrogens with zero attached hydrogens (tertiary/aromatic N) is 7. The maximum absolute atomic E-state index is 13.3. The van der Waals surface area contributed by atoms with E-state index in [1.165, 1.54) is 6.20 Å². The lowest BCUT2D eigenvalue weighted by atomic mass is 10.1. The van der Waals surface area contributed by atoms with Crippen LogP contribution in [-0.2, 0) is 13.2 Å². The summed E-state index contributed by atoms with van der Waals surface area (Å²) in [6.45, 7) is 1.94. The number of methoxy groups -OCH3 is 2. The van der Waals surface area contributed by atoms with E-state index in [9.17, 15) is 18.0 Å². The summed E-state index contributed by atoms with van der Waals surface area (Å²) in [6.07, 6.45) is -3.32. The van der Waals surface area contributed by atoms with E-state index in [2.05, 4.69) is 24.7 Å². The molecule has 1 saturated heterocycles. The fraction of sp³-hybridized carbons (Fsp3) is 0.320.